The second-order valence-electron chi connectivity index (χ2n) is 5.83. The van der Waals surface area contributed by atoms with E-state index in [0.717, 1.165) is 0 Å². The third-order valence-corrected chi connectivity index (χ3v) is 5.08. The molecule has 2 N–H and O–H groups in total. The van der Waals surface area contributed by atoms with Crippen molar-refractivity contribution in [2.45, 2.75) is 58.0 Å². The van der Waals surface area contributed by atoms with Crippen LogP contribution in [-0.4, -0.2) is 11.0 Å². The molecular formula is C17H23BrN2. The second kappa shape index (κ2) is 5.90. The Kier molecular flexibility index (Phi) is 4.18. The maximum atomic E-state index is 3.84. The molecule has 0 bridgehead atoms. The van der Waals surface area contributed by atoms with Crippen LogP contribution in [-0.2, 0) is 6.42 Å². The average molecular weight is 335 g/mol. The lowest BCUT2D eigenvalue weighted by Gasteiger charge is -2.28. The maximum absolute atomic E-state index is 3.84. The lowest BCUT2D eigenvalue weighted by molar-refractivity contribution is 0.375. The highest BCUT2D eigenvalue weighted by Crippen LogP contribution is 2.36. The molecule has 20 heavy (non-hydrogen) atoms. The molecule has 0 amide bonds. The van der Waals surface area contributed by atoms with Crippen molar-refractivity contribution >= 4 is 26.8 Å². The van der Waals surface area contributed by atoms with E-state index >= 15 is 0 Å². The SMILES string of the molecule is CCC(CC)NC1CCCc2c1[nH]c1ccc(Br)cc21. The summed E-state index contributed by atoms with van der Waals surface area (Å²) in [7, 11) is 0. The standard InChI is InChI=1S/C17H23BrN2/c1-3-12(4-2)19-16-7-5-6-13-14-10-11(18)8-9-15(14)20-17(13)16/h8-10,12,16,19-20H,3-7H2,1-2H3. The molecule has 1 aliphatic rings. The summed E-state index contributed by atoms with van der Waals surface area (Å²) >= 11 is 3.59. The summed E-state index contributed by atoms with van der Waals surface area (Å²) < 4.78 is 1.17. The average Bonchev–Trinajstić information content (AvgIpc) is 2.83. The van der Waals surface area contributed by atoms with E-state index in [-0.39, 0.29) is 0 Å². The molecule has 0 fully saturated rings. The maximum Gasteiger partial charge on any atom is 0.0478 e. The number of hydrogen-bond acceptors (Lipinski definition) is 1. The van der Waals surface area contributed by atoms with Crippen molar-refractivity contribution < 1.29 is 0 Å². The van der Waals surface area contributed by atoms with E-state index in [1.54, 1.807) is 0 Å². The van der Waals surface area contributed by atoms with Crippen LogP contribution in [0.25, 0.3) is 10.9 Å². The lowest BCUT2D eigenvalue weighted by Crippen LogP contribution is -2.33. The number of hydrogen-bond donors (Lipinski definition) is 2. The van der Waals surface area contributed by atoms with E-state index < -0.39 is 0 Å². The van der Waals surface area contributed by atoms with Crippen molar-refractivity contribution in [2.24, 2.45) is 0 Å². The van der Waals surface area contributed by atoms with Gasteiger partial charge in [0.15, 0.2) is 0 Å². The largest absolute Gasteiger partial charge is 0.357 e. The molecule has 3 heteroatoms. The minimum Gasteiger partial charge on any atom is -0.357 e. The Balaban J connectivity index is 1.98. The van der Waals surface area contributed by atoms with Crippen LogP contribution in [0.15, 0.2) is 22.7 Å². The molecule has 1 aromatic heterocycles. The van der Waals surface area contributed by atoms with E-state index in [0.29, 0.717) is 12.1 Å². The van der Waals surface area contributed by atoms with Gasteiger partial charge in [0.1, 0.15) is 0 Å². The van der Waals surface area contributed by atoms with Crippen molar-refractivity contribution in [1.29, 1.82) is 0 Å². The van der Waals surface area contributed by atoms with Gasteiger partial charge in [0.2, 0.25) is 0 Å². The summed E-state index contributed by atoms with van der Waals surface area (Å²) in [5.74, 6) is 0. The molecule has 2 aromatic rings. The summed E-state index contributed by atoms with van der Waals surface area (Å²) in [4.78, 5) is 3.66. The smallest absolute Gasteiger partial charge is 0.0478 e. The molecule has 0 spiro atoms. The van der Waals surface area contributed by atoms with E-state index in [2.05, 4.69) is 58.3 Å². The zero-order valence-electron chi connectivity index (χ0n) is 12.3. The molecule has 1 atom stereocenters. The van der Waals surface area contributed by atoms with Crippen molar-refractivity contribution in [3.8, 4) is 0 Å². The summed E-state index contributed by atoms with van der Waals surface area (Å²) in [5.41, 5.74) is 4.23. The molecule has 3 rings (SSSR count). The Labute approximate surface area is 129 Å². The highest BCUT2D eigenvalue weighted by Gasteiger charge is 2.25. The molecule has 1 aliphatic carbocycles. The third kappa shape index (κ3) is 2.53. The highest BCUT2D eigenvalue weighted by molar-refractivity contribution is 9.10. The highest BCUT2D eigenvalue weighted by atomic mass is 79.9. The molecule has 0 aliphatic heterocycles. The Morgan fingerprint density at radius 3 is 2.90 bits per heavy atom. The molecule has 0 saturated heterocycles. The first-order valence-corrected chi connectivity index (χ1v) is 8.58. The number of halogens is 1. The van der Waals surface area contributed by atoms with E-state index in [9.17, 15) is 0 Å². The van der Waals surface area contributed by atoms with Gasteiger partial charge >= 0.3 is 0 Å². The number of aromatic nitrogens is 1. The fraction of sp³-hybridized carbons (Fsp3) is 0.529. The van der Waals surface area contributed by atoms with Crippen LogP contribution < -0.4 is 5.32 Å². The first-order valence-electron chi connectivity index (χ1n) is 7.79. The quantitative estimate of drug-likeness (QED) is 0.801. The van der Waals surface area contributed by atoms with Crippen LogP contribution in [0.3, 0.4) is 0 Å². The van der Waals surface area contributed by atoms with Gasteiger partial charge in [-0.3, -0.25) is 0 Å². The lowest BCUT2D eigenvalue weighted by atomic mass is 9.91. The van der Waals surface area contributed by atoms with E-state index in [4.69, 9.17) is 0 Å². The van der Waals surface area contributed by atoms with Gasteiger partial charge in [0, 0.05) is 33.2 Å². The molecule has 0 saturated carbocycles. The first-order chi connectivity index (χ1) is 9.72. The van der Waals surface area contributed by atoms with Crippen LogP contribution >= 0.6 is 15.9 Å². The van der Waals surface area contributed by atoms with Crippen molar-refractivity contribution in [1.82, 2.24) is 10.3 Å². The molecular weight excluding hydrogens is 312 g/mol. The van der Waals surface area contributed by atoms with Crippen molar-refractivity contribution in [3.63, 3.8) is 0 Å². The Morgan fingerprint density at radius 1 is 1.35 bits per heavy atom. The molecule has 1 unspecified atom stereocenters. The Hall–Kier alpha value is -0.800. The van der Waals surface area contributed by atoms with Gasteiger partial charge < -0.3 is 10.3 Å². The minimum absolute atomic E-state index is 0.495. The first kappa shape index (κ1) is 14.2. The fourth-order valence-corrected chi connectivity index (χ4v) is 3.77. The van der Waals surface area contributed by atoms with Crippen LogP contribution in [0.5, 0.6) is 0 Å². The minimum atomic E-state index is 0.495. The summed E-state index contributed by atoms with van der Waals surface area (Å²) in [5, 5.41) is 5.24. The molecule has 1 aromatic carbocycles. The van der Waals surface area contributed by atoms with Gasteiger partial charge in [-0.2, -0.15) is 0 Å². The number of H-pyrrole nitrogens is 1. The number of benzene rings is 1. The fourth-order valence-electron chi connectivity index (χ4n) is 3.41. The van der Waals surface area contributed by atoms with Gasteiger partial charge in [-0.1, -0.05) is 29.8 Å². The molecule has 108 valence electrons. The molecule has 2 nitrogen and oxygen atoms in total. The number of nitrogens with one attached hydrogen (secondary N) is 2. The predicted molar refractivity (Wildman–Crippen MR) is 89.2 cm³/mol. The zero-order chi connectivity index (χ0) is 14.1. The number of fused-ring (bicyclic) bond motifs is 3. The molecule has 0 radical (unpaired) electrons. The van der Waals surface area contributed by atoms with Crippen molar-refractivity contribution in [2.75, 3.05) is 0 Å². The normalized spacial score (nSPS) is 18.7. The summed E-state index contributed by atoms with van der Waals surface area (Å²) in [6.45, 7) is 4.54. The second-order valence-corrected chi connectivity index (χ2v) is 6.75. The van der Waals surface area contributed by atoms with Crippen LogP contribution in [0.4, 0.5) is 0 Å². The predicted octanol–water partition coefficient (Wildman–Crippen LogP) is 5.09. The topological polar surface area (TPSA) is 27.8 Å². The van der Waals surface area contributed by atoms with Gasteiger partial charge in [-0.15, -0.1) is 0 Å². The monoisotopic (exact) mass is 334 g/mol. The van der Waals surface area contributed by atoms with Gasteiger partial charge in [0.05, 0.1) is 0 Å². The van der Waals surface area contributed by atoms with Crippen LogP contribution in [0.2, 0.25) is 0 Å². The summed E-state index contributed by atoms with van der Waals surface area (Å²) in [6.07, 6.45) is 6.14. The van der Waals surface area contributed by atoms with Gasteiger partial charge in [-0.05, 0) is 55.9 Å². The third-order valence-electron chi connectivity index (χ3n) is 4.59. The van der Waals surface area contributed by atoms with Gasteiger partial charge in [0.25, 0.3) is 0 Å². The van der Waals surface area contributed by atoms with E-state index in [1.807, 2.05) is 0 Å². The van der Waals surface area contributed by atoms with Gasteiger partial charge in [-0.25, -0.2) is 0 Å². The summed E-state index contributed by atoms with van der Waals surface area (Å²) in [6, 6.07) is 7.68. The number of aromatic amines is 1. The number of aryl methyl sites for hydroxylation is 1. The number of rotatable bonds is 4. The Morgan fingerprint density at radius 2 is 2.15 bits per heavy atom. The van der Waals surface area contributed by atoms with Crippen LogP contribution in [0.1, 0.15) is 56.8 Å². The zero-order valence-corrected chi connectivity index (χ0v) is 13.9. The molecule has 1 heterocycles. The Bertz CT molecular complexity index is 598. The van der Waals surface area contributed by atoms with Crippen molar-refractivity contribution in [3.05, 3.63) is 33.9 Å². The van der Waals surface area contributed by atoms with Crippen LogP contribution in [0, 0.1) is 0 Å². The van der Waals surface area contributed by atoms with E-state index in [1.165, 1.54) is 58.7 Å².